The van der Waals surface area contributed by atoms with Gasteiger partial charge in [-0.25, -0.2) is 4.79 Å². The highest BCUT2D eigenvalue weighted by atomic mass is 16.6. The minimum absolute atomic E-state index is 0.210. The molecule has 0 atom stereocenters. The molecule has 0 aliphatic carbocycles. The van der Waals surface area contributed by atoms with Crippen LogP contribution in [-0.4, -0.2) is 19.2 Å². The van der Waals surface area contributed by atoms with E-state index >= 15 is 0 Å². The van der Waals surface area contributed by atoms with Gasteiger partial charge in [-0.3, -0.25) is 0 Å². The van der Waals surface area contributed by atoms with Gasteiger partial charge in [0.05, 0.1) is 13.2 Å². The third-order valence-electron chi connectivity index (χ3n) is 3.51. The largest absolute Gasteiger partial charge is 0.489 e. The molecule has 4 nitrogen and oxygen atoms in total. The number of aryl methyl sites for hydroxylation is 1. The van der Waals surface area contributed by atoms with Crippen molar-refractivity contribution in [2.75, 3.05) is 13.2 Å². The van der Waals surface area contributed by atoms with Crippen molar-refractivity contribution in [1.82, 2.24) is 0 Å². The second-order valence-corrected chi connectivity index (χ2v) is 5.46. The van der Waals surface area contributed by atoms with Crippen LogP contribution in [0.1, 0.15) is 30.5 Å². The van der Waals surface area contributed by atoms with Crippen LogP contribution in [0, 0.1) is 6.92 Å². The maximum Gasteiger partial charge on any atom is 0.373 e. The summed E-state index contributed by atoms with van der Waals surface area (Å²) < 4.78 is 16.3. The van der Waals surface area contributed by atoms with Crippen LogP contribution in [0.5, 0.6) is 5.75 Å². The van der Waals surface area contributed by atoms with Crippen molar-refractivity contribution in [1.29, 1.82) is 0 Å². The fourth-order valence-corrected chi connectivity index (χ4v) is 2.33. The highest BCUT2D eigenvalue weighted by Crippen LogP contribution is 2.22. The van der Waals surface area contributed by atoms with Crippen LogP contribution in [0.2, 0.25) is 0 Å². The smallest absolute Gasteiger partial charge is 0.373 e. The molecule has 0 radical (unpaired) electrons. The van der Waals surface area contributed by atoms with Gasteiger partial charge in [-0.1, -0.05) is 36.4 Å². The van der Waals surface area contributed by atoms with Gasteiger partial charge in [-0.05, 0) is 55.7 Å². The molecule has 0 amide bonds. The number of rotatable bonds is 8. The van der Waals surface area contributed by atoms with Crippen LogP contribution in [0.3, 0.4) is 0 Å². The lowest BCUT2D eigenvalue weighted by molar-refractivity contribution is -0.142. The zero-order valence-corrected chi connectivity index (χ0v) is 15.0. The normalized spacial score (nSPS) is 11.1. The first kappa shape index (κ1) is 18.6. The number of benzene rings is 2. The van der Waals surface area contributed by atoms with Crippen LogP contribution in [0.15, 0.2) is 54.3 Å². The minimum Gasteiger partial charge on any atom is -0.489 e. The molecule has 0 aliphatic heterocycles. The standard InChI is InChI=1S/C21H24O4/c1-4-23-20(21(22)24-5-2)14-18-11-12-19(16(3)13-18)25-15-17-9-7-6-8-10-17/h6-14H,4-5,15H2,1-3H3. The monoisotopic (exact) mass is 340 g/mol. The molecular weight excluding hydrogens is 316 g/mol. The first-order chi connectivity index (χ1) is 12.1. The third-order valence-corrected chi connectivity index (χ3v) is 3.51. The minimum atomic E-state index is -0.452. The molecule has 0 saturated heterocycles. The van der Waals surface area contributed by atoms with E-state index in [9.17, 15) is 4.79 Å². The van der Waals surface area contributed by atoms with Crippen LogP contribution < -0.4 is 4.74 Å². The van der Waals surface area contributed by atoms with E-state index < -0.39 is 5.97 Å². The lowest BCUT2D eigenvalue weighted by Gasteiger charge is -2.11. The second kappa shape index (κ2) is 9.52. The van der Waals surface area contributed by atoms with Crippen LogP contribution in [-0.2, 0) is 20.9 Å². The van der Waals surface area contributed by atoms with Crippen molar-refractivity contribution < 1.29 is 19.0 Å². The molecule has 25 heavy (non-hydrogen) atoms. The Bertz CT molecular complexity index is 720. The summed E-state index contributed by atoms with van der Waals surface area (Å²) in [6.07, 6.45) is 1.69. The summed E-state index contributed by atoms with van der Waals surface area (Å²) in [4.78, 5) is 11.9. The van der Waals surface area contributed by atoms with Gasteiger partial charge >= 0.3 is 5.97 Å². The van der Waals surface area contributed by atoms with E-state index in [1.165, 1.54) is 0 Å². The van der Waals surface area contributed by atoms with Gasteiger partial charge in [0, 0.05) is 0 Å². The molecule has 0 bridgehead atoms. The molecule has 0 heterocycles. The van der Waals surface area contributed by atoms with Crippen molar-refractivity contribution in [2.45, 2.75) is 27.4 Å². The average Bonchev–Trinajstić information content (AvgIpc) is 2.62. The molecule has 0 unspecified atom stereocenters. The number of carbonyl (C=O) groups excluding carboxylic acids is 1. The molecule has 0 aromatic heterocycles. The fourth-order valence-electron chi connectivity index (χ4n) is 2.33. The molecular formula is C21H24O4. The molecule has 2 aromatic rings. The molecule has 0 saturated carbocycles. The van der Waals surface area contributed by atoms with Crippen molar-refractivity contribution >= 4 is 12.0 Å². The van der Waals surface area contributed by atoms with Crippen molar-refractivity contribution in [3.63, 3.8) is 0 Å². The zero-order chi connectivity index (χ0) is 18.1. The van der Waals surface area contributed by atoms with E-state index in [1.807, 2.05) is 62.4 Å². The van der Waals surface area contributed by atoms with Crippen molar-refractivity contribution in [3.05, 3.63) is 71.0 Å². The summed E-state index contributed by atoms with van der Waals surface area (Å²) in [6, 6.07) is 15.8. The lowest BCUT2D eigenvalue weighted by Crippen LogP contribution is -2.10. The Morgan fingerprint density at radius 2 is 1.72 bits per heavy atom. The van der Waals surface area contributed by atoms with E-state index in [1.54, 1.807) is 13.0 Å². The Kier molecular flexibility index (Phi) is 7.08. The van der Waals surface area contributed by atoms with Crippen molar-refractivity contribution in [3.8, 4) is 5.75 Å². The predicted octanol–water partition coefficient (Wildman–Crippen LogP) is 4.51. The number of esters is 1. The van der Waals surface area contributed by atoms with Gasteiger partial charge in [-0.2, -0.15) is 0 Å². The van der Waals surface area contributed by atoms with Gasteiger partial charge in [0.25, 0.3) is 0 Å². The topological polar surface area (TPSA) is 44.8 Å². The van der Waals surface area contributed by atoms with E-state index in [2.05, 4.69) is 0 Å². The molecule has 2 rings (SSSR count). The van der Waals surface area contributed by atoms with Gasteiger partial charge < -0.3 is 14.2 Å². The summed E-state index contributed by atoms with van der Waals surface area (Å²) in [5, 5.41) is 0. The Hall–Kier alpha value is -2.75. The van der Waals surface area contributed by atoms with Crippen molar-refractivity contribution in [2.24, 2.45) is 0 Å². The summed E-state index contributed by atoms with van der Waals surface area (Å²) in [7, 11) is 0. The maximum absolute atomic E-state index is 11.9. The van der Waals surface area contributed by atoms with Crippen LogP contribution in [0.25, 0.3) is 6.08 Å². The third kappa shape index (κ3) is 5.68. The zero-order valence-electron chi connectivity index (χ0n) is 15.0. The highest BCUT2D eigenvalue weighted by Gasteiger charge is 2.12. The van der Waals surface area contributed by atoms with Gasteiger partial charge in [0.15, 0.2) is 0 Å². The van der Waals surface area contributed by atoms with Crippen LogP contribution in [0.4, 0.5) is 0 Å². The maximum atomic E-state index is 11.9. The number of hydrogen-bond acceptors (Lipinski definition) is 4. The van der Waals surface area contributed by atoms with Gasteiger partial charge in [0.1, 0.15) is 12.4 Å². The van der Waals surface area contributed by atoms with E-state index in [-0.39, 0.29) is 5.76 Å². The van der Waals surface area contributed by atoms with Crippen LogP contribution >= 0.6 is 0 Å². The summed E-state index contributed by atoms with van der Waals surface area (Å²) in [5.74, 6) is 0.572. The molecule has 0 N–H and O–H groups in total. The Balaban J connectivity index is 2.11. The number of hydrogen-bond donors (Lipinski definition) is 0. The van der Waals surface area contributed by atoms with E-state index in [0.717, 1.165) is 22.4 Å². The second-order valence-electron chi connectivity index (χ2n) is 5.46. The first-order valence-corrected chi connectivity index (χ1v) is 8.43. The molecule has 132 valence electrons. The Morgan fingerprint density at radius 3 is 2.36 bits per heavy atom. The Labute approximate surface area is 149 Å². The average molecular weight is 340 g/mol. The summed E-state index contributed by atoms with van der Waals surface area (Å²) in [5.41, 5.74) is 2.97. The molecule has 0 aliphatic rings. The lowest BCUT2D eigenvalue weighted by atomic mass is 10.1. The summed E-state index contributed by atoms with van der Waals surface area (Å²) in [6.45, 7) is 6.81. The quantitative estimate of drug-likeness (QED) is 0.403. The number of ether oxygens (including phenoxy) is 3. The van der Waals surface area contributed by atoms with Gasteiger partial charge in [0.2, 0.25) is 5.76 Å². The SMILES string of the molecule is CCOC(=O)C(=Cc1ccc(OCc2ccccc2)c(C)c1)OCC. The summed E-state index contributed by atoms with van der Waals surface area (Å²) >= 11 is 0. The molecule has 4 heteroatoms. The molecule has 0 spiro atoms. The Morgan fingerprint density at radius 1 is 1.00 bits per heavy atom. The van der Waals surface area contributed by atoms with Gasteiger partial charge in [-0.15, -0.1) is 0 Å². The van der Waals surface area contributed by atoms with E-state index in [4.69, 9.17) is 14.2 Å². The molecule has 0 fully saturated rings. The number of carbonyl (C=O) groups is 1. The highest BCUT2D eigenvalue weighted by molar-refractivity contribution is 5.91. The van der Waals surface area contributed by atoms with E-state index in [0.29, 0.717) is 19.8 Å². The first-order valence-electron chi connectivity index (χ1n) is 8.43. The fraction of sp³-hybridized carbons (Fsp3) is 0.286. The predicted molar refractivity (Wildman–Crippen MR) is 98.2 cm³/mol. The molecule has 2 aromatic carbocycles.